The normalized spacial score (nSPS) is 40.0. The van der Waals surface area contributed by atoms with Crippen LogP contribution in [0.15, 0.2) is 0 Å². The number of carbonyl (C=O) groups excluding carboxylic acids is 1. The number of nitrogens with one attached hydrogen (secondary N) is 1. The standard InChI is InChI=1S/C22H43N5O13.2H2O4S/c23-2-1-7(29)20(36)27-6-3-8(37-21-16(33)12(26)13(30)10(5-28)39-21)15(32)19(11(6)25)40-22-18(35)17(34)14(31)9(4-24)38-22;2*1-5(2,3)4/h6-19,21-22,28-35H,1-5,23-26H2,(H,27,36);2*(H2,1,2,3,4)/t6?,7-,8?,9?,10?,11?,12?,13?,14?,15?,16?,17?,18?,19?,21?,22?;;/m0../s1. The molecule has 21 N–H and O–H groups in total. The van der Waals surface area contributed by atoms with Gasteiger partial charge in [-0.05, 0) is 19.4 Å². The Morgan fingerprint density at radius 2 is 1.26 bits per heavy atom. The average Bonchev–Trinajstić information content (AvgIpc) is 3.00. The molecule has 26 nitrogen and oxygen atoms in total. The van der Waals surface area contributed by atoms with Crippen molar-refractivity contribution >= 4 is 26.7 Å². The van der Waals surface area contributed by atoms with Crippen LogP contribution in [0.1, 0.15) is 12.8 Å². The van der Waals surface area contributed by atoms with Crippen LogP contribution in [0.3, 0.4) is 0 Å². The molecule has 3 rings (SSSR count). The Hall–Kier alpha value is -1.43. The molecule has 3 fully saturated rings. The van der Waals surface area contributed by atoms with Crippen LogP contribution in [0.25, 0.3) is 0 Å². The van der Waals surface area contributed by atoms with E-state index in [1.807, 2.05) is 0 Å². The van der Waals surface area contributed by atoms with Crippen LogP contribution >= 0.6 is 0 Å². The molecule has 2 saturated heterocycles. The molecule has 2 heterocycles. The molecule has 1 saturated carbocycles. The van der Waals surface area contributed by atoms with E-state index in [9.17, 15) is 45.6 Å². The maximum absolute atomic E-state index is 12.6. The quantitative estimate of drug-likeness (QED) is 0.0915. The molecular formula is C22H47N5O21S2. The zero-order valence-electron chi connectivity index (χ0n) is 25.9. The summed E-state index contributed by atoms with van der Waals surface area (Å²) in [6.07, 6.45) is -19.7. The molecule has 2 aliphatic heterocycles. The van der Waals surface area contributed by atoms with Crippen LogP contribution in [0.4, 0.5) is 0 Å². The molecular weight excluding hydrogens is 734 g/mol. The highest BCUT2D eigenvalue weighted by Crippen LogP contribution is 2.32. The fourth-order valence-electron chi connectivity index (χ4n) is 5.02. The number of hydrogen-bond donors (Lipinski definition) is 17. The van der Waals surface area contributed by atoms with Crippen molar-refractivity contribution < 1.29 is 99.6 Å². The van der Waals surface area contributed by atoms with Gasteiger partial charge < -0.3 is 88.1 Å². The number of carbonyl (C=O) groups is 1. The van der Waals surface area contributed by atoms with Crippen molar-refractivity contribution in [3.05, 3.63) is 0 Å². The molecule has 0 bridgehead atoms. The highest BCUT2D eigenvalue weighted by atomic mass is 32.3. The number of nitrogens with two attached hydrogens (primary N) is 4. The van der Waals surface area contributed by atoms with E-state index in [1.165, 1.54) is 0 Å². The second kappa shape index (κ2) is 20.1. The fraction of sp³-hybridized carbons (Fsp3) is 0.955. The van der Waals surface area contributed by atoms with Gasteiger partial charge in [0.15, 0.2) is 12.6 Å². The highest BCUT2D eigenvalue weighted by Gasteiger charge is 2.52. The van der Waals surface area contributed by atoms with E-state index >= 15 is 0 Å². The summed E-state index contributed by atoms with van der Waals surface area (Å²) in [5.74, 6) is -0.824. The van der Waals surface area contributed by atoms with Crippen LogP contribution < -0.4 is 28.3 Å². The third-order valence-electron chi connectivity index (χ3n) is 7.56. The Morgan fingerprint density at radius 3 is 1.74 bits per heavy atom. The molecule has 16 atom stereocenters. The lowest BCUT2D eigenvalue weighted by atomic mass is 9.83. The maximum atomic E-state index is 12.6. The van der Waals surface area contributed by atoms with Gasteiger partial charge in [-0.3, -0.25) is 23.0 Å². The summed E-state index contributed by atoms with van der Waals surface area (Å²) >= 11 is 0. The van der Waals surface area contributed by atoms with Gasteiger partial charge in [-0.25, -0.2) is 0 Å². The summed E-state index contributed by atoms with van der Waals surface area (Å²) in [5.41, 5.74) is 23.2. The summed E-state index contributed by atoms with van der Waals surface area (Å²) in [6.45, 7) is -0.886. The lowest BCUT2D eigenvalue weighted by molar-refractivity contribution is -0.331. The van der Waals surface area contributed by atoms with E-state index in [0.717, 1.165) is 0 Å². The molecule has 3 aliphatic rings. The molecule has 15 unspecified atom stereocenters. The third kappa shape index (κ3) is 14.5. The number of rotatable bonds is 10. The lowest BCUT2D eigenvalue weighted by Crippen LogP contribution is -2.69. The van der Waals surface area contributed by atoms with E-state index in [2.05, 4.69) is 5.32 Å². The molecule has 298 valence electrons. The molecule has 1 aliphatic carbocycles. The van der Waals surface area contributed by atoms with Crippen molar-refractivity contribution in [2.24, 2.45) is 22.9 Å². The van der Waals surface area contributed by atoms with Crippen molar-refractivity contribution in [1.29, 1.82) is 0 Å². The van der Waals surface area contributed by atoms with Crippen molar-refractivity contribution in [2.45, 2.75) is 111 Å². The van der Waals surface area contributed by atoms with E-state index in [-0.39, 0.29) is 25.9 Å². The SMILES string of the molecule is NCC[C@H](O)C(=O)NC1CC(OC2OC(CO)C(O)C(N)C2O)C(O)C(OC2OC(CN)C(O)C(O)C2O)C1N.O=S(=O)(O)O.O=S(=O)(O)O. The topological polar surface area (TPSA) is 481 Å². The van der Waals surface area contributed by atoms with E-state index in [0.29, 0.717) is 0 Å². The first kappa shape index (κ1) is 46.6. The third-order valence-corrected chi connectivity index (χ3v) is 7.56. The minimum atomic E-state index is -4.67. The summed E-state index contributed by atoms with van der Waals surface area (Å²) in [4.78, 5) is 12.6. The molecule has 50 heavy (non-hydrogen) atoms. The number of aliphatic hydroxyl groups is 8. The predicted molar refractivity (Wildman–Crippen MR) is 160 cm³/mol. The first-order valence-corrected chi connectivity index (χ1v) is 17.3. The van der Waals surface area contributed by atoms with Gasteiger partial charge in [0, 0.05) is 12.6 Å². The first-order chi connectivity index (χ1) is 22.9. The second-order valence-corrected chi connectivity index (χ2v) is 13.0. The van der Waals surface area contributed by atoms with Crippen LogP contribution in [0, 0.1) is 0 Å². The summed E-state index contributed by atoms with van der Waals surface area (Å²) in [5, 5.41) is 84.7. The average molecular weight is 782 g/mol. The summed E-state index contributed by atoms with van der Waals surface area (Å²) in [7, 11) is -9.33. The number of ether oxygens (including phenoxy) is 4. The van der Waals surface area contributed by atoms with Crippen molar-refractivity contribution in [3.63, 3.8) is 0 Å². The molecule has 0 aromatic rings. The first-order valence-electron chi connectivity index (χ1n) is 14.5. The van der Waals surface area contributed by atoms with Crippen molar-refractivity contribution in [2.75, 3.05) is 19.7 Å². The zero-order chi connectivity index (χ0) is 38.9. The zero-order valence-corrected chi connectivity index (χ0v) is 27.6. The second-order valence-electron chi connectivity index (χ2n) is 11.2. The number of aliphatic hydroxyl groups excluding tert-OH is 8. The Morgan fingerprint density at radius 1 is 0.760 bits per heavy atom. The Labute approximate surface area is 285 Å². The fourth-order valence-corrected chi connectivity index (χ4v) is 5.02. The van der Waals surface area contributed by atoms with Gasteiger partial charge in [0.25, 0.3) is 0 Å². The lowest BCUT2D eigenvalue weighted by Gasteiger charge is -2.48. The Bertz CT molecular complexity index is 1200. The monoisotopic (exact) mass is 781 g/mol. The van der Waals surface area contributed by atoms with Gasteiger partial charge in [0.05, 0.1) is 24.8 Å². The van der Waals surface area contributed by atoms with Crippen LogP contribution in [0.5, 0.6) is 0 Å². The van der Waals surface area contributed by atoms with Gasteiger partial charge in [-0.2, -0.15) is 16.8 Å². The molecule has 0 spiro atoms. The van der Waals surface area contributed by atoms with Gasteiger partial charge >= 0.3 is 20.8 Å². The van der Waals surface area contributed by atoms with Crippen LogP contribution in [-0.2, 0) is 44.5 Å². The largest absolute Gasteiger partial charge is 0.394 e. The van der Waals surface area contributed by atoms with E-state index < -0.39 is 131 Å². The smallest absolute Gasteiger partial charge is 0.394 e. The van der Waals surface area contributed by atoms with Gasteiger partial charge in [-0.15, -0.1) is 0 Å². The van der Waals surface area contributed by atoms with Crippen LogP contribution in [0.2, 0.25) is 0 Å². The predicted octanol–water partition coefficient (Wildman–Crippen LogP) is -9.73. The molecule has 28 heteroatoms. The molecule has 0 radical (unpaired) electrons. The summed E-state index contributed by atoms with van der Waals surface area (Å²) < 4.78 is 85.6. The Balaban J connectivity index is 0.00000109. The molecule has 0 aromatic heterocycles. The molecule has 0 aromatic carbocycles. The maximum Gasteiger partial charge on any atom is 0.394 e. The molecule has 1 amide bonds. The minimum absolute atomic E-state index is 0.0178. The summed E-state index contributed by atoms with van der Waals surface area (Å²) in [6, 6.07) is -3.51. The Kier molecular flexibility index (Phi) is 18.8. The number of hydrogen-bond acceptors (Lipinski definition) is 21. The minimum Gasteiger partial charge on any atom is -0.394 e. The van der Waals surface area contributed by atoms with Gasteiger partial charge in [0.1, 0.15) is 61.0 Å². The highest BCUT2D eigenvalue weighted by molar-refractivity contribution is 7.80. The van der Waals surface area contributed by atoms with Crippen LogP contribution in [-0.4, -0.2) is 199 Å². The van der Waals surface area contributed by atoms with Crippen molar-refractivity contribution in [1.82, 2.24) is 5.32 Å². The van der Waals surface area contributed by atoms with E-state index in [4.69, 9.17) is 76.9 Å². The van der Waals surface area contributed by atoms with E-state index in [1.54, 1.807) is 0 Å². The van der Waals surface area contributed by atoms with Gasteiger partial charge in [-0.1, -0.05) is 0 Å². The van der Waals surface area contributed by atoms with Crippen molar-refractivity contribution in [3.8, 4) is 0 Å². The van der Waals surface area contributed by atoms with Gasteiger partial charge in [0.2, 0.25) is 5.91 Å². The number of amides is 1.